The maximum Gasteiger partial charge on any atom is 0.255 e. The minimum Gasteiger partial charge on any atom is -0.494 e. The van der Waals surface area contributed by atoms with Gasteiger partial charge in [0.25, 0.3) is 5.91 Å². The molecule has 0 spiro atoms. The summed E-state index contributed by atoms with van der Waals surface area (Å²) in [6, 6.07) is 11.8. The second kappa shape index (κ2) is 8.01. The van der Waals surface area contributed by atoms with Gasteiger partial charge < -0.3 is 15.0 Å². The Kier molecular flexibility index (Phi) is 5.53. The Morgan fingerprint density at radius 2 is 1.84 bits per heavy atom. The molecule has 1 heterocycles. The molecule has 25 heavy (non-hydrogen) atoms. The highest BCUT2D eigenvalue weighted by atomic mass is 19.1. The number of rotatable bonds is 5. The Balaban J connectivity index is 1.67. The van der Waals surface area contributed by atoms with E-state index in [9.17, 15) is 9.18 Å². The lowest BCUT2D eigenvalue weighted by Crippen LogP contribution is -2.30. The van der Waals surface area contributed by atoms with Crippen molar-refractivity contribution in [2.75, 3.05) is 29.9 Å². The first kappa shape index (κ1) is 17.3. The molecule has 132 valence electrons. The summed E-state index contributed by atoms with van der Waals surface area (Å²) >= 11 is 0. The van der Waals surface area contributed by atoms with Crippen LogP contribution in [-0.4, -0.2) is 25.6 Å². The summed E-state index contributed by atoms with van der Waals surface area (Å²) in [7, 11) is 0. The quantitative estimate of drug-likeness (QED) is 0.872. The number of nitrogens with one attached hydrogen (secondary N) is 1. The van der Waals surface area contributed by atoms with E-state index < -0.39 is 0 Å². The van der Waals surface area contributed by atoms with Crippen molar-refractivity contribution in [3.05, 3.63) is 53.8 Å². The third-order valence-electron chi connectivity index (χ3n) is 4.33. The van der Waals surface area contributed by atoms with Crippen molar-refractivity contribution < 1.29 is 13.9 Å². The number of halogens is 1. The number of amides is 1. The zero-order chi connectivity index (χ0) is 17.6. The van der Waals surface area contributed by atoms with Crippen molar-refractivity contribution in [1.82, 2.24) is 0 Å². The van der Waals surface area contributed by atoms with E-state index in [4.69, 9.17) is 4.74 Å². The lowest BCUT2D eigenvalue weighted by Gasteiger charge is -2.29. The third-order valence-corrected chi connectivity index (χ3v) is 4.33. The average molecular weight is 342 g/mol. The lowest BCUT2D eigenvalue weighted by molar-refractivity contribution is 0.102. The number of ether oxygens (including phenoxy) is 1. The van der Waals surface area contributed by atoms with Gasteiger partial charge in [-0.15, -0.1) is 0 Å². The lowest BCUT2D eigenvalue weighted by atomic mass is 10.1. The van der Waals surface area contributed by atoms with Gasteiger partial charge in [0.1, 0.15) is 11.6 Å². The van der Waals surface area contributed by atoms with Gasteiger partial charge in [0.15, 0.2) is 0 Å². The summed E-state index contributed by atoms with van der Waals surface area (Å²) < 4.78 is 19.8. The van der Waals surface area contributed by atoms with E-state index >= 15 is 0 Å². The Hall–Kier alpha value is -2.56. The second-order valence-corrected chi connectivity index (χ2v) is 6.13. The summed E-state index contributed by atoms with van der Waals surface area (Å²) in [6.45, 7) is 4.25. The van der Waals surface area contributed by atoms with Gasteiger partial charge in [-0.25, -0.2) is 4.39 Å². The highest BCUT2D eigenvalue weighted by molar-refractivity contribution is 6.04. The number of hydrogen-bond donors (Lipinski definition) is 1. The second-order valence-electron chi connectivity index (χ2n) is 6.13. The number of anilines is 2. The van der Waals surface area contributed by atoms with E-state index in [-0.39, 0.29) is 11.7 Å². The molecular weight excluding hydrogens is 319 g/mol. The summed E-state index contributed by atoms with van der Waals surface area (Å²) in [5, 5.41) is 2.74. The minimum absolute atomic E-state index is 0.270. The maximum atomic E-state index is 14.4. The van der Waals surface area contributed by atoms with Crippen LogP contribution in [0.25, 0.3) is 0 Å². The van der Waals surface area contributed by atoms with Gasteiger partial charge in [-0.05, 0) is 68.7 Å². The summed E-state index contributed by atoms with van der Waals surface area (Å²) in [5.41, 5.74) is 1.57. The van der Waals surface area contributed by atoms with E-state index in [1.54, 1.807) is 36.4 Å². The molecule has 2 aromatic rings. The predicted octanol–water partition coefficient (Wildman–Crippen LogP) is 4.47. The number of piperidine rings is 1. The average Bonchev–Trinajstić information content (AvgIpc) is 2.63. The standard InChI is InChI=1S/C20H23FN2O2/c1-2-25-17-9-6-15(7-10-17)20(24)22-16-8-11-19(18(21)14-16)23-12-4-3-5-13-23/h6-11,14H,2-5,12-13H2,1H3,(H,22,24). The van der Waals surface area contributed by atoms with Crippen LogP contribution in [0.3, 0.4) is 0 Å². The van der Waals surface area contributed by atoms with Crippen molar-refractivity contribution in [2.45, 2.75) is 26.2 Å². The number of carbonyl (C=O) groups is 1. The van der Waals surface area contributed by atoms with Gasteiger partial charge in [-0.1, -0.05) is 0 Å². The molecule has 0 atom stereocenters. The van der Waals surface area contributed by atoms with E-state index in [2.05, 4.69) is 10.2 Å². The number of carbonyl (C=O) groups excluding carboxylic acids is 1. The van der Waals surface area contributed by atoms with Crippen LogP contribution in [0, 0.1) is 5.82 Å². The molecule has 1 saturated heterocycles. The molecule has 0 aliphatic carbocycles. The van der Waals surface area contributed by atoms with Crippen LogP contribution >= 0.6 is 0 Å². The highest BCUT2D eigenvalue weighted by Crippen LogP contribution is 2.26. The van der Waals surface area contributed by atoms with Crippen molar-refractivity contribution in [2.24, 2.45) is 0 Å². The number of benzene rings is 2. The normalized spacial score (nSPS) is 14.2. The summed E-state index contributed by atoms with van der Waals surface area (Å²) in [4.78, 5) is 14.4. The number of nitrogens with zero attached hydrogens (tertiary/aromatic N) is 1. The van der Waals surface area contributed by atoms with Gasteiger partial charge in [0.05, 0.1) is 12.3 Å². The van der Waals surface area contributed by atoms with Crippen molar-refractivity contribution in [3.8, 4) is 5.75 Å². The van der Waals surface area contributed by atoms with Crippen LogP contribution in [-0.2, 0) is 0 Å². The van der Waals surface area contributed by atoms with Gasteiger partial charge in [0.2, 0.25) is 0 Å². The molecule has 2 aromatic carbocycles. The van der Waals surface area contributed by atoms with Gasteiger partial charge in [-0.3, -0.25) is 4.79 Å². The fraction of sp³-hybridized carbons (Fsp3) is 0.350. The van der Waals surface area contributed by atoms with Crippen LogP contribution in [0.15, 0.2) is 42.5 Å². The SMILES string of the molecule is CCOc1ccc(C(=O)Nc2ccc(N3CCCCC3)c(F)c2)cc1. The minimum atomic E-state index is -0.300. The number of hydrogen-bond acceptors (Lipinski definition) is 3. The maximum absolute atomic E-state index is 14.4. The monoisotopic (exact) mass is 342 g/mol. The van der Waals surface area contributed by atoms with Crippen LogP contribution in [0.1, 0.15) is 36.5 Å². The summed E-state index contributed by atoms with van der Waals surface area (Å²) in [6.07, 6.45) is 3.39. The molecule has 1 N–H and O–H groups in total. The molecule has 1 fully saturated rings. The molecule has 0 aromatic heterocycles. The molecular formula is C20H23FN2O2. The van der Waals surface area contributed by atoms with Crippen LogP contribution < -0.4 is 15.0 Å². The van der Waals surface area contributed by atoms with Crippen molar-refractivity contribution in [3.63, 3.8) is 0 Å². The molecule has 5 heteroatoms. The van der Waals surface area contributed by atoms with Gasteiger partial charge in [0, 0.05) is 24.3 Å². The van der Waals surface area contributed by atoms with Crippen molar-refractivity contribution >= 4 is 17.3 Å². The van der Waals surface area contributed by atoms with E-state index in [1.807, 2.05) is 6.92 Å². The first-order valence-corrected chi connectivity index (χ1v) is 8.76. The molecule has 4 nitrogen and oxygen atoms in total. The smallest absolute Gasteiger partial charge is 0.255 e. The predicted molar refractivity (Wildman–Crippen MR) is 98.0 cm³/mol. The van der Waals surface area contributed by atoms with Gasteiger partial charge in [-0.2, -0.15) is 0 Å². The van der Waals surface area contributed by atoms with E-state index in [0.29, 0.717) is 23.5 Å². The highest BCUT2D eigenvalue weighted by Gasteiger charge is 2.15. The zero-order valence-corrected chi connectivity index (χ0v) is 14.4. The first-order chi connectivity index (χ1) is 12.2. The fourth-order valence-corrected chi connectivity index (χ4v) is 3.05. The third kappa shape index (κ3) is 4.29. The largest absolute Gasteiger partial charge is 0.494 e. The molecule has 0 saturated carbocycles. The molecule has 0 radical (unpaired) electrons. The van der Waals surface area contributed by atoms with E-state index in [1.165, 1.54) is 12.5 Å². The molecule has 3 rings (SSSR count). The molecule has 1 amide bonds. The van der Waals surface area contributed by atoms with Gasteiger partial charge >= 0.3 is 0 Å². The molecule has 1 aliphatic heterocycles. The Morgan fingerprint density at radius 3 is 2.48 bits per heavy atom. The Morgan fingerprint density at radius 1 is 1.12 bits per heavy atom. The Bertz CT molecular complexity index is 725. The summed E-state index contributed by atoms with van der Waals surface area (Å²) in [5.74, 6) is 0.149. The van der Waals surface area contributed by atoms with Crippen LogP contribution in [0.5, 0.6) is 5.75 Å². The van der Waals surface area contributed by atoms with Crippen LogP contribution in [0.4, 0.5) is 15.8 Å². The molecule has 0 bridgehead atoms. The van der Waals surface area contributed by atoms with E-state index in [0.717, 1.165) is 31.7 Å². The molecule has 0 unspecified atom stereocenters. The molecule has 1 aliphatic rings. The fourth-order valence-electron chi connectivity index (χ4n) is 3.05. The zero-order valence-electron chi connectivity index (χ0n) is 14.4. The van der Waals surface area contributed by atoms with Crippen LogP contribution in [0.2, 0.25) is 0 Å². The van der Waals surface area contributed by atoms with Crippen molar-refractivity contribution in [1.29, 1.82) is 0 Å². The Labute approximate surface area is 147 Å². The topological polar surface area (TPSA) is 41.6 Å². The first-order valence-electron chi connectivity index (χ1n) is 8.76.